The van der Waals surface area contributed by atoms with E-state index in [0.717, 1.165) is 24.1 Å². The van der Waals surface area contributed by atoms with Gasteiger partial charge in [-0.2, -0.15) is 0 Å². The quantitative estimate of drug-likeness (QED) is 0.851. The van der Waals surface area contributed by atoms with Crippen LogP contribution in [-0.4, -0.2) is 21.5 Å². The molecule has 1 aromatic heterocycles. The number of halogens is 2. The number of imidazole rings is 1. The lowest BCUT2D eigenvalue weighted by Crippen LogP contribution is -2.37. The number of carbonyl (C=O) groups excluding carboxylic acids is 1. The van der Waals surface area contributed by atoms with Crippen LogP contribution in [-0.2, 0) is 7.05 Å². The zero-order valence-electron chi connectivity index (χ0n) is 13.9. The number of hydrogen-bond acceptors (Lipinski definition) is 2. The monoisotopic (exact) mass is 365 g/mol. The van der Waals surface area contributed by atoms with Gasteiger partial charge in [-0.15, -0.1) is 0 Å². The number of nitrogens with zero attached hydrogens (tertiary/aromatic N) is 2. The van der Waals surface area contributed by atoms with E-state index >= 15 is 0 Å². The van der Waals surface area contributed by atoms with Crippen molar-refractivity contribution < 1.29 is 4.79 Å². The Labute approximate surface area is 152 Å². The molecule has 24 heavy (non-hydrogen) atoms. The van der Waals surface area contributed by atoms with E-state index in [-0.39, 0.29) is 11.9 Å². The van der Waals surface area contributed by atoms with Crippen LogP contribution in [0.1, 0.15) is 48.4 Å². The van der Waals surface area contributed by atoms with Crippen molar-refractivity contribution in [2.75, 3.05) is 0 Å². The molecule has 3 rings (SSSR count). The minimum Gasteiger partial charge on any atom is -0.347 e. The van der Waals surface area contributed by atoms with Gasteiger partial charge >= 0.3 is 0 Å². The molecule has 1 amide bonds. The first-order valence-corrected chi connectivity index (χ1v) is 9.02. The summed E-state index contributed by atoms with van der Waals surface area (Å²) in [6.07, 6.45) is 5.70. The first-order chi connectivity index (χ1) is 11.5. The smallest absolute Gasteiger partial charge is 0.287 e. The van der Waals surface area contributed by atoms with Gasteiger partial charge in [0.25, 0.3) is 5.91 Å². The minimum absolute atomic E-state index is 0.121. The first-order valence-electron chi connectivity index (χ1n) is 8.27. The van der Waals surface area contributed by atoms with Gasteiger partial charge in [0.1, 0.15) is 0 Å². The van der Waals surface area contributed by atoms with Crippen LogP contribution < -0.4 is 5.32 Å². The summed E-state index contributed by atoms with van der Waals surface area (Å²) in [4.78, 5) is 17.2. The Morgan fingerprint density at radius 3 is 2.62 bits per heavy atom. The predicted octanol–water partition coefficient (Wildman–Crippen LogP) is 4.76. The molecule has 1 aliphatic carbocycles. The standard InChI is InChI=1S/C18H21Cl2N3O/c1-11-16(14-9-8-12(19)10-15(14)20)22-17(23(11)2)18(24)21-13-6-4-3-5-7-13/h8-10,13H,3-7H2,1-2H3,(H,21,24). The number of benzene rings is 1. The average molecular weight is 366 g/mol. The largest absolute Gasteiger partial charge is 0.347 e. The van der Waals surface area contributed by atoms with E-state index in [1.165, 1.54) is 19.3 Å². The molecular weight excluding hydrogens is 345 g/mol. The highest BCUT2D eigenvalue weighted by Gasteiger charge is 2.23. The molecule has 0 bridgehead atoms. The molecule has 1 saturated carbocycles. The van der Waals surface area contributed by atoms with Gasteiger partial charge in [-0.3, -0.25) is 4.79 Å². The zero-order chi connectivity index (χ0) is 17.3. The van der Waals surface area contributed by atoms with Crippen LogP contribution in [0.25, 0.3) is 11.3 Å². The topological polar surface area (TPSA) is 46.9 Å². The van der Waals surface area contributed by atoms with E-state index in [1.807, 2.05) is 24.6 Å². The SMILES string of the molecule is Cc1c(-c2ccc(Cl)cc2Cl)nc(C(=O)NC2CCCCC2)n1C. The third kappa shape index (κ3) is 3.45. The van der Waals surface area contributed by atoms with Gasteiger partial charge in [-0.25, -0.2) is 4.98 Å². The van der Waals surface area contributed by atoms with Crippen molar-refractivity contribution in [2.24, 2.45) is 7.05 Å². The Morgan fingerprint density at radius 1 is 1.25 bits per heavy atom. The second-order valence-electron chi connectivity index (χ2n) is 6.36. The summed E-state index contributed by atoms with van der Waals surface area (Å²) in [5.41, 5.74) is 2.40. The Kier molecular flexibility index (Phi) is 5.16. The molecule has 0 spiro atoms. The van der Waals surface area contributed by atoms with Gasteiger partial charge < -0.3 is 9.88 Å². The summed E-state index contributed by atoms with van der Waals surface area (Å²) < 4.78 is 1.82. The van der Waals surface area contributed by atoms with Gasteiger partial charge in [0.2, 0.25) is 0 Å². The van der Waals surface area contributed by atoms with Gasteiger partial charge in [-0.1, -0.05) is 42.5 Å². The molecular formula is C18H21Cl2N3O. The summed E-state index contributed by atoms with van der Waals surface area (Å²) in [7, 11) is 1.85. The highest BCUT2D eigenvalue weighted by molar-refractivity contribution is 6.36. The van der Waals surface area contributed by atoms with Crippen LogP contribution in [0, 0.1) is 6.92 Å². The van der Waals surface area contributed by atoms with Crippen molar-refractivity contribution >= 4 is 29.1 Å². The second-order valence-corrected chi connectivity index (χ2v) is 7.20. The second kappa shape index (κ2) is 7.16. The van der Waals surface area contributed by atoms with Crippen molar-refractivity contribution in [1.29, 1.82) is 0 Å². The molecule has 1 aliphatic rings. The normalized spacial score (nSPS) is 15.5. The minimum atomic E-state index is -0.121. The third-order valence-electron chi connectivity index (χ3n) is 4.71. The fourth-order valence-corrected chi connectivity index (χ4v) is 3.71. The summed E-state index contributed by atoms with van der Waals surface area (Å²) in [6, 6.07) is 5.56. The summed E-state index contributed by atoms with van der Waals surface area (Å²) in [5, 5.41) is 4.22. The van der Waals surface area contributed by atoms with Gasteiger partial charge in [0.05, 0.1) is 10.7 Å². The number of aromatic nitrogens is 2. The maximum atomic E-state index is 12.6. The molecule has 0 saturated heterocycles. The summed E-state index contributed by atoms with van der Waals surface area (Å²) in [5.74, 6) is 0.294. The van der Waals surface area contributed by atoms with Crippen LogP contribution in [0.2, 0.25) is 10.0 Å². The number of nitrogens with one attached hydrogen (secondary N) is 1. The lowest BCUT2D eigenvalue weighted by atomic mass is 9.95. The maximum absolute atomic E-state index is 12.6. The highest BCUT2D eigenvalue weighted by Crippen LogP contribution is 2.32. The zero-order valence-corrected chi connectivity index (χ0v) is 15.4. The van der Waals surface area contributed by atoms with E-state index in [0.29, 0.717) is 21.6 Å². The Balaban J connectivity index is 1.89. The van der Waals surface area contributed by atoms with Crippen LogP contribution in [0.3, 0.4) is 0 Å². The van der Waals surface area contributed by atoms with Crippen LogP contribution in [0.5, 0.6) is 0 Å². The fourth-order valence-electron chi connectivity index (χ4n) is 3.22. The molecule has 0 unspecified atom stereocenters. The molecule has 4 nitrogen and oxygen atoms in total. The van der Waals surface area contributed by atoms with E-state index < -0.39 is 0 Å². The number of hydrogen-bond donors (Lipinski definition) is 1. The van der Waals surface area contributed by atoms with Gasteiger partial charge in [0.15, 0.2) is 5.82 Å². The Bertz CT molecular complexity index is 764. The molecule has 0 atom stereocenters. The van der Waals surface area contributed by atoms with E-state index in [4.69, 9.17) is 23.2 Å². The van der Waals surface area contributed by atoms with Crippen molar-refractivity contribution in [3.8, 4) is 11.3 Å². The first kappa shape index (κ1) is 17.3. The molecule has 0 aliphatic heterocycles. The summed E-state index contributed by atoms with van der Waals surface area (Å²) in [6.45, 7) is 1.94. The maximum Gasteiger partial charge on any atom is 0.287 e. The Hall–Kier alpha value is -1.52. The van der Waals surface area contributed by atoms with Crippen molar-refractivity contribution in [1.82, 2.24) is 14.9 Å². The van der Waals surface area contributed by atoms with Crippen LogP contribution >= 0.6 is 23.2 Å². The third-order valence-corrected chi connectivity index (χ3v) is 5.26. The molecule has 1 aromatic carbocycles. The molecule has 6 heteroatoms. The van der Waals surface area contributed by atoms with Crippen molar-refractivity contribution in [2.45, 2.75) is 45.1 Å². The van der Waals surface area contributed by atoms with Crippen LogP contribution in [0.4, 0.5) is 0 Å². The number of carbonyl (C=O) groups is 1. The number of rotatable bonds is 3. The molecule has 128 valence electrons. The molecule has 2 aromatic rings. The fraction of sp³-hybridized carbons (Fsp3) is 0.444. The molecule has 0 radical (unpaired) electrons. The van der Waals surface area contributed by atoms with Crippen molar-refractivity contribution in [3.63, 3.8) is 0 Å². The molecule has 1 N–H and O–H groups in total. The lowest BCUT2D eigenvalue weighted by Gasteiger charge is -2.22. The van der Waals surface area contributed by atoms with E-state index in [1.54, 1.807) is 12.1 Å². The molecule has 1 heterocycles. The predicted molar refractivity (Wildman–Crippen MR) is 97.7 cm³/mol. The van der Waals surface area contributed by atoms with E-state index in [9.17, 15) is 4.79 Å². The van der Waals surface area contributed by atoms with Crippen LogP contribution in [0.15, 0.2) is 18.2 Å². The Morgan fingerprint density at radius 2 is 1.96 bits per heavy atom. The highest BCUT2D eigenvalue weighted by atomic mass is 35.5. The number of amides is 1. The van der Waals surface area contributed by atoms with E-state index in [2.05, 4.69) is 10.3 Å². The van der Waals surface area contributed by atoms with Gasteiger partial charge in [-0.05, 0) is 38.0 Å². The summed E-state index contributed by atoms with van der Waals surface area (Å²) >= 11 is 12.3. The molecule has 1 fully saturated rings. The van der Waals surface area contributed by atoms with Crippen molar-refractivity contribution in [3.05, 3.63) is 39.8 Å². The average Bonchev–Trinajstić information content (AvgIpc) is 2.85. The lowest BCUT2D eigenvalue weighted by molar-refractivity contribution is 0.0914. The van der Waals surface area contributed by atoms with Gasteiger partial charge in [0, 0.05) is 29.4 Å².